The fourth-order valence-electron chi connectivity index (χ4n) is 20.7. The molecule has 1 aliphatic heterocycles. The summed E-state index contributed by atoms with van der Waals surface area (Å²) in [6, 6.07) is 174. The Balaban J connectivity index is 0.000000103. The smallest absolute Gasteiger partial charge is 0.399 e. The number of hydrogen-bond acceptors (Lipinski definition) is 4. The second kappa shape index (κ2) is 37.9. The highest BCUT2D eigenvalue weighted by atomic mass is 79.9. The van der Waals surface area contributed by atoms with Crippen molar-refractivity contribution in [1.29, 1.82) is 0 Å². The number of rotatable bonds is 11. The van der Waals surface area contributed by atoms with Crippen LogP contribution in [0, 0.1) is 0 Å². The lowest BCUT2D eigenvalue weighted by molar-refractivity contribution is 0.00578. The summed E-state index contributed by atoms with van der Waals surface area (Å²) in [5.41, 5.74) is 35.1. The van der Waals surface area contributed by atoms with Crippen LogP contribution in [-0.4, -0.2) is 51.5 Å². The van der Waals surface area contributed by atoms with Crippen LogP contribution < -0.4 is 5.46 Å². The number of benzene rings is 19. The van der Waals surface area contributed by atoms with Crippen molar-refractivity contribution >= 4 is 153 Å². The van der Waals surface area contributed by atoms with Crippen LogP contribution >= 0.6 is 31.9 Å². The van der Waals surface area contributed by atoms with Crippen LogP contribution in [0.4, 0.5) is 0 Å². The van der Waals surface area contributed by atoms with Gasteiger partial charge in [0.05, 0.1) is 66.7 Å². The third-order valence-electron chi connectivity index (χ3n) is 28.4. The van der Waals surface area contributed by atoms with E-state index in [1.807, 2.05) is 48.5 Å². The summed E-state index contributed by atoms with van der Waals surface area (Å²) in [5.74, 6) is 0.902. The minimum absolute atomic E-state index is 0.343. The van der Waals surface area contributed by atoms with Crippen LogP contribution in [0.25, 0.3) is 210 Å². The molecule has 7 aromatic heterocycles. The summed E-state index contributed by atoms with van der Waals surface area (Å²) in [6.45, 7) is 8.36. The molecule has 19 aromatic carbocycles. The number of fused-ring (bicyclic) bond motifs is 18. The zero-order valence-corrected chi connectivity index (χ0v) is 82.5. The quantitative estimate of drug-likeness (QED) is 0.103. The standard InChI is InChI=1S/C47H31N3.C30H20N2.C24H24BNO2.C17H12BrN.C13H9Br/c1-4-14-32(15-5-1)36-30-42(33-16-6-2-7-17-33)48-47(31-36)50-44-23-13-11-21-39(44)41-29-35(25-27-46(41)50)34-24-26-45-40(28-34)38-20-10-12-22-43(38)49(45)37-18-8-3-9-19-37;1-2-8-22(9-3-1)32-29-13-7-5-11-24(29)26-19-21(15-17-30(26)32)20-14-16-28-25(18-20)23-10-4-6-12-27(23)31-28;1-23(2)24(3,4)28-25(27-23)17-14-15-22-20(16-17)19-12-8-9-13-21(19)26(22)18-10-6-5-7-11-18;18-17-12-15(13-7-3-1-4-8-13)11-16(19-17)14-9-5-2-6-10-14;14-11-6-5-10-7-9-3-1-2-4-12(9)13(10)8-11/h1-31H;1-19,31H;5-16H,1-4H3;1-12H;1-6,8H,7H2. The van der Waals surface area contributed by atoms with Gasteiger partial charge in [-0.25, -0.2) is 9.97 Å². The van der Waals surface area contributed by atoms with E-state index in [0.29, 0.717) is 0 Å². The molecule has 1 saturated heterocycles. The van der Waals surface area contributed by atoms with Gasteiger partial charge >= 0.3 is 7.12 Å². The first-order valence-corrected chi connectivity index (χ1v) is 50.2. The van der Waals surface area contributed by atoms with Gasteiger partial charge in [-0.05, 0) is 280 Å². The summed E-state index contributed by atoms with van der Waals surface area (Å²) in [5, 5.41) is 12.5. The molecule has 0 atom stereocenters. The van der Waals surface area contributed by atoms with Gasteiger partial charge in [0.15, 0.2) is 0 Å². The summed E-state index contributed by atoms with van der Waals surface area (Å²) < 4.78 is 23.9. The highest BCUT2D eigenvalue weighted by Crippen LogP contribution is 2.45. The van der Waals surface area contributed by atoms with E-state index in [0.717, 1.165) is 71.6 Å². The number of halogens is 2. The molecule has 0 unspecified atom stereocenters. The minimum atomic E-state index is -0.353. The molecule has 28 rings (SSSR count). The average molecular weight is 1970 g/mol. The van der Waals surface area contributed by atoms with Crippen LogP contribution in [0.1, 0.15) is 38.8 Å². The zero-order chi connectivity index (χ0) is 96.2. The van der Waals surface area contributed by atoms with Crippen molar-refractivity contribution in [2.75, 3.05) is 0 Å². The van der Waals surface area contributed by atoms with E-state index in [4.69, 9.17) is 14.3 Å². The van der Waals surface area contributed by atoms with E-state index in [1.54, 1.807) is 0 Å². The average Bonchev–Trinajstić information content (AvgIpc) is 1.61. The summed E-state index contributed by atoms with van der Waals surface area (Å²) >= 11 is 7.01. The van der Waals surface area contributed by atoms with E-state index in [1.165, 1.54) is 171 Å². The zero-order valence-electron chi connectivity index (χ0n) is 79.3. The fourth-order valence-corrected chi connectivity index (χ4v) is 21.5. The molecule has 1 aliphatic carbocycles. The topological polar surface area (TPSA) is 79.8 Å². The first-order chi connectivity index (χ1) is 70.2. The number of para-hydroxylation sites is 8. The van der Waals surface area contributed by atoms with E-state index < -0.39 is 0 Å². The Morgan fingerprint density at radius 2 is 0.587 bits per heavy atom. The summed E-state index contributed by atoms with van der Waals surface area (Å²) in [4.78, 5) is 13.4. The largest absolute Gasteiger partial charge is 0.494 e. The molecule has 1 fully saturated rings. The predicted octanol–water partition coefficient (Wildman–Crippen LogP) is 34.6. The Hall–Kier alpha value is -16.6. The van der Waals surface area contributed by atoms with Crippen molar-refractivity contribution in [2.24, 2.45) is 0 Å². The van der Waals surface area contributed by atoms with E-state index >= 15 is 0 Å². The number of H-pyrrole nitrogens is 1. The predicted molar refractivity (Wildman–Crippen MR) is 606 cm³/mol. The molecule has 9 nitrogen and oxygen atoms in total. The maximum atomic E-state index is 6.27. The maximum absolute atomic E-state index is 6.27. The van der Waals surface area contributed by atoms with Crippen molar-refractivity contribution in [2.45, 2.75) is 45.3 Å². The summed E-state index contributed by atoms with van der Waals surface area (Å²) in [7, 11) is -0.353. The van der Waals surface area contributed by atoms with Crippen LogP contribution in [-0.2, 0) is 15.7 Å². The van der Waals surface area contributed by atoms with Gasteiger partial charge in [0.25, 0.3) is 0 Å². The van der Waals surface area contributed by atoms with Crippen LogP contribution in [0.2, 0.25) is 0 Å². The third kappa shape index (κ3) is 17.1. The van der Waals surface area contributed by atoms with Crippen molar-refractivity contribution in [3.8, 4) is 101 Å². The van der Waals surface area contributed by atoms with E-state index in [-0.39, 0.29) is 18.3 Å². The van der Waals surface area contributed by atoms with Gasteiger partial charge in [-0.3, -0.25) is 4.57 Å². The SMILES string of the molecule is Brc1cc(-c2ccccc2)cc(-c2ccccc2)n1.Brc1ccc2c(c1)-c1ccccc1C2.CC1(C)OB(c2ccc3c(c2)c2ccccc2n3-c2ccccc2)OC1(C)C.c1ccc(-c2cc(-c3ccccc3)nc(-n3c4ccccc4c4cc(-c5ccc6c(c5)c5ccccc5n6-c5ccccc5)ccc43)c2)cc1.c1ccc(-n2c3ccccc3c3cc(-c4ccc5[nH]c6ccccc6c5c4)ccc32)cc1. The minimum Gasteiger partial charge on any atom is -0.399 e. The number of aromatic nitrogens is 7. The molecule has 2 aliphatic rings. The number of nitrogens with zero attached hydrogens (tertiary/aromatic N) is 6. The first-order valence-electron chi connectivity index (χ1n) is 48.7. The number of pyridine rings is 2. The van der Waals surface area contributed by atoms with Gasteiger partial charge in [0.1, 0.15) is 10.4 Å². The first kappa shape index (κ1) is 89.1. The molecular weight excluding hydrogens is 1870 g/mol. The Morgan fingerprint density at radius 3 is 1.06 bits per heavy atom. The lowest BCUT2D eigenvalue weighted by Gasteiger charge is -2.32. The lowest BCUT2D eigenvalue weighted by atomic mass is 9.78. The monoisotopic (exact) mass is 1970 g/mol. The lowest BCUT2D eigenvalue weighted by Crippen LogP contribution is -2.41. The number of aromatic amines is 1. The molecule has 26 aromatic rings. The normalized spacial score (nSPS) is 12.8. The highest BCUT2D eigenvalue weighted by molar-refractivity contribution is 9.10. The Bertz CT molecular complexity index is 9150. The second-order valence-electron chi connectivity index (χ2n) is 37.7. The second-order valence-corrected chi connectivity index (χ2v) is 39.4. The molecular formula is C131H96BBr2N7O2. The number of hydrogen-bond donors (Lipinski definition) is 1. The van der Waals surface area contributed by atoms with E-state index in [2.05, 4.69) is 531 Å². The fraction of sp³-hybridized carbons (Fsp3) is 0.0534. The highest BCUT2D eigenvalue weighted by Gasteiger charge is 2.52. The molecule has 684 valence electrons. The molecule has 0 spiro atoms. The molecule has 1 N–H and O–H groups in total. The van der Waals surface area contributed by atoms with Crippen LogP contribution in [0.15, 0.2) is 500 Å². The van der Waals surface area contributed by atoms with Crippen molar-refractivity contribution in [3.05, 3.63) is 512 Å². The van der Waals surface area contributed by atoms with Gasteiger partial charge in [0.2, 0.25) is 0 Å². The van der Waals surface area contributed by atoms with Gasteiger partial charge in [0, 0.05) is 97.6 Å². The van der Waals surface area contributed by atoms with Gasteiger partial charge in [-0.1, -0.05) is 350 Å². The molecule has 0 amide bonds. The van der Waals surface area contributed by atoms with Crippen LogP contribution in [0.5, 0.6) is 0 Å². The summed E-state index contributed by atoms with van der Waals surface area (Å²) in [6.07, 6.45) is 1.08. The van der Waals surface area contributed by atoms with Crippen molar-refractivity contribution in [1.82, 2.24) is 33.2 Å². The Labute approximate surface area is 847 Å². The van der Waals surface area contributed by atoms with Gasteiger partial charge in [-0.2, -0.15) is 0 Å². The third-order valence-corrected chi connectivity index (χ3v) is 29.3. The molecule has 0 bridgehead atoms. The molecule has 0 radical (unpaired) electrons. The van der Waals surface area contributed by atoms with Crippen LogP contribution in [0.3, 0.4) is 0 Å². The van der Waals surface area contributed by atoms with E-state index in [9.17, 15) is 0 Å². The van der Waals surface area contributed by atoms with Gasteiger partial charge < -0.3 is 28.0 Å². The molecule has 0 saturated carbocycles. The molecule has 12 heteroatoms. The van der Waals surface area contributed by atoms with Gasteiger partial charge in [-0.15, -0.1) is 0 Å². The number of nitrogens with one attached hydrogen (secondary N) is 1. The maximum Gasteiger partial charge on any atom is 0.494 e. The molecule has 143 heavy (non-hydrogen) atoms. The Kier molecular flexibility index (Phi) is 23.6. The Morgan fingerprint density at radius 1 is 0.245 bits per heavy atom. The van der Waals surface area contributed by atoms with Crippen molar-refractivity contribution < 1.29 is 9.31 Å². The molecule has 8 heterocycles. The van der Waals surface area contributed by atoms with Crippen molar-refractivity contribution in [3.63, 3.8) is 0 Å².